The van der Waals surface area contributed by atoms with Crippen molar-refractivity contribution >= 4 is 41.6 Å². The average Bonchev–Trinajstić information content (AvgIpc) is 2.88. The second kappa shape index (κ2) is 20.5. The Morgan fingerprint density at radius 3 is 1.33 bits per heavy atom. The van der Waals surface area contributed by atoms with E-state index in [2.05, 4.69) is 30.9 Å². The summed E-state index contributed by atoms with van der Waals surface area (Å²) >= 11 is 0. The van der Waals surface area contributed by atoms with Crippen LogP contribution in [0.2, 0.25) is 0 Å². The van der Waals surface area contributed by atoms with E-state index in [4.69, 9.17) is 40.1 Å². The summed E-state index contributed by atoms with van der Waals surface area (Å²) in [6, 6.07) is -4.37. The highest BCUT2D eigenvalue weighted by Crippen LogP contribution is 2.08. The zero-order valence-electron chi connectivity index (χ0n) is 24.4. The summed E-state index contributed by atoms with van der Waals surface area (Å²) in [4.78, 5) is 62.6. The SMILES string of the molecule is CC(C)CC(NC(=O)C(CCCN=C(N)N)NC(=O)C(CCCN=C(N)N)NC(=O)C(N)CCCN=C(N)N)C(=O)O. The Balaban J connectivity index is 5.75. The second-order valence-corrected chi connectivity index (χ2v) is 10.1. The second-order valence-electron chi connectivity index (χ2n) is 10.1. The fourth-order valence-corrected chi connectivity index (χ4v) is 3.71. The zero-order chi connectivity index (χ0) is 32.2. The lowest BCUT2D eigenvalue weighted by Gasteiger charge is -2.25. The number of hydrogen-bond donors (Lipinski definition) is 11. The van der Waals surface area contributed by atoms with Gasteiger partial charge in [0.1, 0.15) is 18.1 Å². The van der Waals surface area contributed by atoms with Gasteiger partial charge in [0.15, 0.2) is 17.9 Å². The molecule has 0 aliphatic carbocycles. The smallest absolute Gasteiger partial charge is 0.326 e. The van der Waals surface area contributed by atoms with Gasteiger partial charge in [0.2, 0.25) is 17.7 Å². The van der Waals surface area contributed by atoms with Crippen molar-refractivity contribution in [2.24, 2.45) is 61.0 Å². The Labute approximate surface area is 245 Å². The summed E-state index contributed by atoms with van der Waals surface area (Å²) in [5.74, 6) is -3.56. The number of guanidine groups is 3. The molecule has 42 heavy (non-hydrogen) atoms. The first-order valence-electron chi connectivity index (χ1n) is 13.7. The average molecular weight is 600 g/mol. The monoisotopic (exact) mass is 599 g/mol. The minimum absolute atomic E-state index is 0.0187. The van der Waals surface area contributed by atoms with Crippen LogP contribution in [0.5, 0.6) is 0 Å². The van der Waals surface area contributed by atoms with E-state index in [1.54, 1.807) is 0 Å². The summed E-state index contributed by atoms with van der Waals surface area (Å²) in [5, 5.41) is 17.3. The van der Waals surface area contributed by atoms with Crippen molar-refractivity contribution in [2.45, 2.75) is 83.0 Å². The summed E-state index contributed by atoms with van der Waals surface area (Å²) in [6.45, 7) is 4.26. The van der Waals surface area contributed by atoms with Gasteiger partial charge in [-0.1, -0.05) is 13.8 Å². The number of rotatable bonds is 21. The zero-order valence-corrected chi connectivity index (χ0v) is 24.4. The van der Waals surface area contributed by atoms with E-state index in [9.17, 15) is 24.3 Å². The molecule has 3 amide bonds. The van der Waals surface area contributed by atoms with Gasteiger partial charge in [-0.05, 0) is 50.9 Å². The fourth-order valence-electron chi connectivity index (χ4n) is 3.71. The van der Waals surface area contributed by atoms with Crippen molar-refractivity contribution in [1.29, 1.82) is 0 Å². The number of aliphatic carboxylic acids is 1. The van der Waals surface area contributed by atoms with E-state index in [0.717, 1.165) is 0 Å². The van der Waals surface area contributed by atoms with Crippen LogP contribution in [0.4, 0.5) is 0 Å². The van der Waals surface area contributed by atoms with Crippen LogP contribution < -0.4 is 56.1 Å². The molecule has 0 bridgehead atoms. The maximum Gasteiger partial charge on any atom is 0.326 e. The van der Waals surface area contributed by atoms with E-state index in [-0.39, 0.29) is 69.1 Å². The Morgan fingerprint density at radius 2 is 0.976 bits per heavy atom. The first-order chi connectivity index (χ1) is 19.6. The van der Waals surface area contributed by atoms with Gasteiger partial charge >= 0.3 is 5.97 Å². The van der Waals surface area contributed by atoms with Gasteiger partial charge in [-0.2, -0.15) is 0 Å². The van der Waals surface area contributed by atoms with E-state index < -0.39 is 47.9 Å². The van der Waals surface area contributed by atoms with E-state index in [1.165, 1.54) is 0 Å². The molecule has 4 atom stereocenters. The Kier molecular flexibility index (Phi) is 18.4. The highest BCUT2D eigenvalue weighted by atomic mass is 16.4. The van der Waals surface area contributed by atoms with Crippen LogP contribution in [-0.2, 0) is 19.2 Å². The normalized spacial score (nSPS) is 13.5. The highest BCUT2D eigenvalue weighted by molar-refractivity contribution is 5.94. The van der Waals surface area contributed by atoms with Crippen LogP contribution in [0.15, 0.2) is 15.0 Å². The van der Waals surface area contributed by atoms with Gasteiger partial charge in [0.25, 0.3) is 0 Å². The molecule has 0 rings (SSSR count). The Morgan fingerprint density at radius 1 is 0.619 bits per heavy atom. The molecule has 0 aliphatic rings. The number of carbonyl (C=O) groups is 4. The van der Waals surface area contributed by atoms with Gasteiger partial charge < -0.3 is 61.2 Å². The summed E-state index contributed by atoms with van der Waals surface area (Å²) < 4.78 is 0. The summed E-state index contributed by atoms with van der Waals surface area (Å²) in [7, 11) is 0. The molecule has 0 aromatic carbocycles. The lowest BCUT2D eigenvalue weighted by atomic mass is 10.0. The Hall–Kier alpha value is -4.35. The minimum Gasteiger partial charge on any atom is -0.480 e. The van der Waals surface area contributed by atoms with E-state index >= 15 is 0 Å². The van der Waals surface area contributed by atoms with Crippen molar-refractivity contribution in [1.82, 2.24) is 16.0 Å². The number of carbonyl (C=O) groups excluding carboxylic acids is 3. The third-order valence-electron chi connectivity index (χ3n) is 5.78. The molecule has 18 heteroatoms. The molecule has 18 nitrogen and oxygen atoms in total. The molecule has 0 saturated heterocycles. The van der Waals surface area contributed by atoms with Crippen molar-refractivity contribution in [3.8, 4) is 0 Å². The van der Waals surface area contributed by atoms with Crippen LogP contribution >= 0.6 is 0 Å². The molecule has 4 unspecified atom stereocenters. The van der Waals surface area contributed by atoms with Crippen LogP contribution in [0.1, 0.15) is 58.8 Å². The molecule has 0 fully saturated rings. The van der Waals surface area contributed by atoms with Crippen LogP contribution in [-0.4, -0.2) is 90.5 Å². The van der Waals surface area contributed by atoms with E-state index in [0.29, 0.717) is 19.3 Å². The van der Waals surface area contributed by atoms with Crippen LogP contribution in [0, 0.1) is 5.92 Å². The van der Waals surface area contributed by atoms with Crippen molar-refractivity contribution < 1.29 is 24.3 Å². The number of carboxylic acid groups (broad SMARTS) is 1. The predicted molar refractivity (Wildman–Crippen MR) is 161 cm³/mol. The third-order valence-corrected chi connectivity index (χ3v) is 5.78. The number of hydrogen-bond acceptors (Lipinski definition) is 8. The maximum atomic E-state index is 13.4. The highest BCUT2D eigenvalue weighted by Gasteiger charge is 2.30. The van der Waals surface area contributed by atoms with Crippen LogP contribution in [0.3, 0.4) is 0 Å². The van der Waals surface area contributed by atoms with Crippen molar-refractivity contribution in [3.63, 3.8) is 0 Å². The van der Waals surface area contributed by atoms with E-state index in [1.807, 2.05) is 13.8 Å². The third kappa shape index (κ3) is 18.1. The minimum atomic E-state index is -1.21. The van der Waals surface area contributed by atoms with Crippen molar-refractivity contribution in [2.75, 3.05) is 19.6 Å². The number of nitrogens with two attached hydrogens (primary N) is 7. The van der Waals surface area contributed by atoms with Gasteiger partial charge in [0.05, 0.1) is 6.04 Å². The lowest BCUT2D eigenvalue weighted by Crippen LogP contribution is -2.57. The summed E-state index contributed by atoms with van der Waals surface area (Å²) in [5.41, 5.74) is 38.0. The molecule has 0 heterocycles. The first-order valence-corrected chi connectivity index (χ1v) is 13.7. The quantitative estimate of drug-likeness (QED) is 0.0342. The number of aliphatic imine (C=N–C) groups is 3. The van der Waals surface area contributed by atoms with Crippen molar-refractivity contribution in [3.05, 3.63) is 0 Å². The fraction of sp³-hybridized carbons (Fsp3) is 0.708. The summed E-state index contributed by atoms with van der Waals surface area (Å²) in [6.07, 6.45) is 1.65. The molecule has 0 aromatic rings. The molecule has 0 radical (unpaired) electrons. The lowest BCUT2D eigenvalue weighted by molar-refractivity contribution is -0.142. The molecular formula is C24H49N13O5. The predicted octanol–water partition coefficient (Wildman–Crippen LogP) is -3.94. The molecule has 240 valence electrons. The molecule has 0 saturated carbocycles. The molecule has 0 aromatic heterocycles. The largest absolute Gasteiger partial charge is 0.480 e. The standard InChI is InChI=1S/C24H49N13O5/c1-13(2)12-17(21(41)42)37-20(40)16(8-5-11-34-24(30)31)36-19(39)15(7-4-10-33-23(28)29)35-18(38)14(25)6-3-9-32-22(26)27/h13-17H,3-12,25H2,1-2H3,(H,35,38)(H,36,39)(H,37,40)(H,41,42)(H4,26,27,32)(H4,28,29,33)(H4,30,31,34). The Bertz CT molecular complexity index is 958. The molecule has 0 aliphatic heterocycles. The van der Waals surface area contributed by atoms with Crippen LogP contribution in [0.25, 0.3) is 0 Å². The molecule has 0 spiro atoms. The molecule has 18 N–H and O–H groups in total. The number of nitrogens with one attached hydrogen (secondary N) is 3. The van der Waals surface area contributed by atoms with Gasteiger partial charge in [-0.25, -0.2) is 4.79 Å². The van der Waals surface area contributed by atoms with Gasteiger partial charge in [-0.15, -0.1) is 0 Å². The first kappa shape index (κ1) is 37.6. The number of nitrogens with zero attached hydrogens (tertiary/aromatic N) is 3. The van der Waals surface area contributed by atoms with Gasteiger partial charge in [0, 0.05) is 19.6 Å². The molecular weight excluding hydrogens is 550 g/mol. The van der Waals surface area contributed by atoms with Gasteiger partial charge in [-0.3, -0.25) is 29.4 Å². The number of amides is 3. The topological polar surface area (TPSA) is 344 Å². The number of carboxylic acids is 1. The maximum absolute atomic E-state index is 13.4.